The minimum Gasteiger partial charge on any atom is -0.207 e. The highest BCUT2D eigenvalue weighted by molar-refractivity contribution is 7.89. The molecule has 0 N–H and O–H groups in total. The van der Waals surface area contributed by atoms with Gasteiger partial charge in [-0.2, -0.15) is 15.6 Å². The summed E-state index contributed by atoms with van der Waals surface area (Å²) in [6.45, 7) is 2.66. The second-order valence-corrected chi connectivity index (χ2v) is 8.33. The lowest BCUT2D eigenvalue weighted by molar-refractivity contribution is 0.319. The molecule has 1 aromatic carbocycles. The van der Waals surface area contributed by atoms with Gasteiger partial charge in [0.1, 0.15) is 5.82 Å². The van der Waals surface area contributed by atoms with Crippen LogP contribution in [0.2, 0.25) is 0 Å². The van der Waals surface area contributed by atoms with E-state index in [1.165, 1.54) is 28.1 Å². The van der Waals surface area contributed by atoms with E-state index >= 15 is 0 Å². The van der Waals surface area contributed by atoms with Gasteiger partial charge in [0.2, 0.25) is 10.0 Å². The summed E-state index contributed by atoms with van der Waals surface area (Å²) in [6.07, 6.45) is 1.66. The summed E-state index contributed by atoms with van der Waals surface area (Å²) in [7, 11) is -3.53. The first-order valence-electron chi connectivity index (χ1n) is 7.27. The van der Waals surface area contributed by atoms with Crippen molar-refractivity contribution in [1.29, 1.82) is 0 Å². The molecule has 3 nitrogen and oxygen atoms in total. The van der Waals surface area contributed by atoms with Gasteiger partial charge in [0.25, 0.3) is 0 Å². The zero-order valence-electron chi connectivity index (χ0n) is 12.3. The normalized spacial score (nSPS) is 17.7. The zero-order chi connectivity index (χ0) is 15.7. The summed E-state index contributed by atoms with van der Waals surface area (Å²) in [4.78, 5) is 0.211. The Morgan fingerprint density at radius 1 is 1.23 bits per heavy atom. The first-order chi connectivity index (χ1) is 10.5. The second kappa shape index (κ2) is 6.10. The topological polar surface area (TPSA) is 37.4 Å². The third-order valence-electron chi connectivity index (χ3n) is 4.22. The Labute approximate surface area is 134 Å². The van der Waals surface area contributed by atoms with Crippen LogP contribution in [0.3, 0.4) is 0 Å². The Kier molecular flexibility index (Phi) is 4.34. The molecule has 1 saturated heterocycles. The zero-order valence-corrected chi connectivity index (χ0v) is 14.0. The number of halogens is 1. The molecule has 0 bridgehead atoms. The van der Waals surface area contributed by atoms with Crippen LogP contribution < -0.4 is 0 Å². The summed E-state index contributed by atoms with van der Waals surface area (Å²) in [5.41, 5.74) is 1.76. The fourth-order valence-electron chi connectivity index (χ4n) is 2.98. The molecule has 3 rings (SSSR count). The van der Waals surface area contributed by atoms with Crippen molar-refractivity contribution < 1.29 is 12.8 Å². The van der Waals surface area contributed by atoms with Crippen LogP contribution in [0.4, 0.5) is 4.39 Å². The molecule has 0 radical (unpaired) electrons. The van der Waals surface area contributed by atoms with E-state index in [9.17, 15) is 12.8 Å². The summed E-state index contributed by atoms with van der Waals surface area (Å²) in [6, 6.07) is 5.96. The first kappa shape index (κ1) is 15.6. The van der Waals surface area contributed by atoms with Crippen LogP contribution in [-0.2, 0) is 10.0 Å². The highest BCUT2D eigenvalue weighted by Gasteiger charge is 2.30. The van der Waals surface area contributed by atoms with Gasteiger partial charge < -0.3 is 0 Å². The Hall–Kier alpha value is -1.24. The van der Waals surface area contributed by atoms with Gasteiger partial charge in [0, 0.05) is 13.1 Å². The van der Waals surface area contributed by atoms with E-state index in [4.69, 9.17) is 0 Å². The first-order valence-corrected chi connectivity index (χ1v) is 9.65. The van der Waals surface area contributed by atoms with Crippen molar-refractivity contribution in [3.63, 3.8) is 0 Å². The smallest absolute Gasteiger partial charge is 0.207 e. The number of rotatable bonds is 3. The highest BCUT2D eigenvalue weighted by Crippen LogP contribution is 2.32. The van der Waals surface area contributed by atoms with Crippen LogP contribution in [0.15, 0.2) is 39.9 Å². The number of nitrogens with zero attached hydrogens (tertiary/aromatic N) is 1. The van der Waals surface area contributed by atoms with Crippen molar-refractivity contribution in [2.24, 2.45) is 0 Å². The molecule has 2 heterocycles. The van der Waals surface area contributed by atoms with Crippen LogP contribution in [0.5, 0.6) is 0 Å². The van der Waals surface area contributed by atoms with Crippen LogP contribution in [0.25, 0.3) is 0 Å². The predicted molar refractivity (Wildman–Crippen MR) is 86.2 cm³/mol. The van der Waals surface area contributed by atoms with Gasteiger partial charge in [0.15, 0.2) is 0 Å². The molecule has 0 saturated carbocycles. The molecule has 1 aliphatic rings. The van der Waals surface area contributed by atoms with E-state index < -0.39 is 15.8 Å². The molecule has 118 valence electrons. The van der Waals surface area contributed by atoms with Crippen LogP contribution in [0.1, 0.15) is 29.9 Å². The molecule has 2 aromatic rings. The van der Waals surface area contributed by atoms with Gasteiger partial charge in [-0.1, -0.05) is 0 Å². The summed E-state index contributed by atoms with van der Waals surface area (Å²) < 4.78 is 40.1. The highest BCUT2D eigenvalue weighted by atomic mass is 32.2. The molecule has 0 aliphatic carbocycles. The lowest BCUT2D eigenvalue weighted by Crippen LogP contribution is -2.38. The number of thiophene rings is 1. The summed E-state index contributed by atoms with van der Waals surface area (Å²) in [5.74, 6) is 0.0274. The van der Waals surface area contributed by atoms with E-state index in [1.54, 1.807) is 18.3 Å². The number of piperidine rings is 1. The fourth-order valence-corrected chi connectivity index (χ4v) is 5.40. The largest absolute Gasteiger partial charge is 0.243 e. The molecule has 0 atom stereocenters. The maximum Gasteiger partial charge on any atom is 0.243 e. The molecule has 1 aliphatic heterocycles. The number of hydrogen-bond donors (Lipinski definition) is 0. The standard InChI is InChI=1S/C16H18FNO2S2/c1-12-10-15(17)2-3-16(12)22(19,20)18-7-4-13(5-8-18)14-6-9-21-11-14/h2-3,6,9-11,13H,4-5,7-8H2,1H3. The monoisotopic (exact) mass is 339 g/mol. The lowest BCUT2D eigenvalue weighted by Gasteiger charge is -2.31. The third-order valence-corrected chi connectivity index (χ3v) is 6.98. The molecule has 1 aromatic heterocycles. The minimum atomic E-state index is -3.53. The van der Waals surface area contributed by atoms with E-state index in [1.807, 2.05) is 0 Å². The Bertz CT molecular complexity index is 748. The molecular weight excluding hydrogens is 321 g/mol. The molecule has 0 spiro atoms. The third kappa shape index (κ3) is 2.95. The Morgan fingerprint density at radius 3 is 2.55 bits per heavy atom. The number of sulfonamides is 1. The van der Waals surface area contributed by atoms with Gasteiger partial charge in [-0.05, 0) is 71.8 Å². The molecule has 1 fully saturated rings. The summed E-state index contributed by atoms with van der Waals surface area (Å²) >= 11 is 1.67. The average molecular weight is 339 g/mol. The average Bonchev–Trinajstić information content (AvgIpc) is 3.01. The van der Waals surface area contributed by atoms with Crippen molar-refractivity contribution in [1.82, 2.24) is 4.31 Å². The summed E-state index contributed by atoms with van der Waals surface area (Å²) in [5, 5.41) is 4.19. The number of benzene rings is 1. The van der Waals surface area contributed by atoms with Gasteiger partial charge in [-0.3, -0.25) is 0 Å². The predicted octanol–water partition coefficient (Wildman–Crippen LogP) is 3.76. The molecule has 22 heavy (non-hydrogen) atoms. The van der Waals surface area contributed by atoms with Crippen molar-refractivity contribution in [3.8, 4) is 0 Å². The van der Waals surface area contributed by atoms with Crippen LogP contribution in [0, 0.1) is 12.7 Å². The quantitative estimate of drug-likeness (QED) is 0.854. The van der Waals surface area contributed by atoms with E-state index in [0.717, 1.165) is 12.8 Å². The van der Waals surface area contributed by atoms with E-state index in [-0.39, 0.29) is 4.90 Å². The van der Waals surface area contributed by atoms with Crippen molar-refractivity contribution in [2.45, 2.75) is 30.6 Å². The maximum atomic E-state index is 13.2. The minimum absolute atomic E-state index is 0.211. The molecule has 0 amide bonds. The van der Waals surface area contributed by atoms with Gasteiger partial charge in [-0.25, -0.2) is 12.8 Å². The SMILES string of the molecule is Cc1cc(F)ccc1S(=O)(=O)N1CCC(c2ccsc2)CC1. The number of aryl methyl sites for hydroxylation is 1. The van der Waals surface area contributed by atoms with Crippen molar-refractivity contribution in [3.05, 3.63) is 52.0 Å². The lowest BCUT2D eigenvalue weighted by atomic mass is 9.92. The fraction of sp³-hybridized carbons (Fsp3) is 0.375. The molecule has 0 unspecified atom stereocenters. The number of hydrogen-bond acceptors (Lipinski definition) is 3. The Morgan fingerprint density at radius 2 is 1.95 bits per heavy atom. The van der Waals surface area contributed by atoms with Crippen molar-refractivity contribution in [2.75, 3.05) is 13.1 Å². The van der Waals surface area contributed by atoms with Gasteiger partial charge >= 0.3 is 0 Å². The van der Waals surface area contributed by atoms with E-state index in [2.05, 4.69) is 16.8 Å². The second-order valence-electron chi connectivity index (χ2n) is 5.64. The Balaban J connectivity index is 1.77. The van der Waals surface area contributed by atoms with E-state index in [0.29, 0.717) is 24.6 Å². The molecular formula is C16H18FNO2S2. The van der Waals surface area contributed by atoms with Crippen LogP contribution in [-0.4, -0.2) is 25.8 Å². The maximum absolute atomic E-state index is 13.2. The van der Waals surface area contributed by atoms with Crippen molar-refractivity contribution >= 4 is 21.4 Å². The molecule has 6 heteroatoms. The van der Waals surface area contributed by atoms with Crippen LogP contribution >= 0.6 is 11.3 Å². The van der Waals surface area contributed by atoms with Gasteiger partial charge in [0.05, 0.1) is 4.90 Å². The van der Waals surface area contributed by atoms with Gasteiger partial charge in [-0.15, -0.1) is 0 Å².